The molecule has 0 fully saturated rings. The van der Waals surface area contributed by atoms with Gasteiger partial charge in [0.2, 0.25) is 20.7 Å². The highest BCUT2D eigenvalue weighted by molar-refractivity contribution is 7.91. The van der Waals surface area contributed by atoms with Gasteiger partial charge in [-0.2, -0.15) is 0 Å². The molecule has 0 saturated carbocycles. The van der Waals surface area contributed by atoms with Crippen molar-refractivity contribution < 1.29 is 13.0 Å². The van der Waals surface area contributed by atoms with Crippen LogP contribution in [-0.2, 0) is 9.84 Å². The summed E-state index contributed by atoms with van der Waals surface area (Å²) in [4.78, 5) is 0.120. The van der Waals surface area contributed by atoms with E-state index in [4.69, 9.17) is 5.73 Å². The smallest absolute Gasteiger partial charge is 0.247 e. The minimum atomic E-state index is -3.76. The van der Waals surface area contributed by atoms with Crippen molar-refractivity contribution in [1.29, 1.82) is 0 Å². The summed E-state index contributed by atoms with van der Waals surface area (Å²) >= 11 is 0. The van der Waals surface area contributed by atoms with E-state index in [9.17, 15) is 8.42 Å². The fourth-order valence-corrected chi connectivity index (χ4v) is 2.68. The number of anilines is 1. The Morgan fingerprint density at radius 2 is 1.78 bits per heavy atom. The van der Waals surface area contributed by atoms with Crippen molar-refractivity contribution in [3.05, 3.63) is 29.8 Å². The van der Waals surface area contributed by atoms with Crippen LogP contribution in [0.5, 0.6) is 0 Å². The Morgan fingerprint density at radius 3 is 2.22 bits per heavy atom. The van der Waals surface area contributed by atoms with E-state index in [-0.39, 0.29) is 15.7 Å². The normalized spacial score (nSPS) is 11.9. The SMILES string of the molecule is CC(C)c1ccc(S(=O)(=O)c2nonc2N)cc1. The lowest BCUT2D eigenvalue weighted by Crippen LogP contribution is -2.05. The zero-order chi connectivity index (χ0) is 13.3. The Morgan fingerprint density at radius 1 is 1.17 bits per heavy atom. The molecule has 0 radical (unpaired) electrons. The fraction of sp³-hybridized carbons (Fsp3) is 0.273. The number of rotatable bonds is 3. The summed E-state index contributed by atoms with van der Waals surface area (Å²) in [5, 5.41) is 6.24. The van der Waals surface area contributed by atoms with Gasteiger partial charge in [0.15, 0.2) is 0 Å². The van der Waals surface area contributed by atoms with Crippen LogP contribution in [0.4, 0.5) is 5.82 Å². The molecule has 0 saturated heterocycles. The van der Waals surface area contributed by atoms with Crippen molar-refractivity contribution in [3.8, 4) is 0 Å². The molecule has 0 unspecified atom stereocenters. The minimum absolute atomic E-state index is 0.120. The van der Waals surface area contributed by atoms with Crippen LogP contribution >= 0.6 is 0 Å². The van der Waals surface area contributed by atoms with E-state index in [1.165, 1.54) is 12.1 Å². The van der Waals surface area contributed by atoms with Gasteiger partial charge in [-0.1, -0.05) is 26.0 Å². The number of benzene rings is 1. The maximum atomic E-state index is 12.2. The molecule has 0 bridgehead atoms. The van der Waals surface area contributed by atoms with Gasteiger partial charge in [-0.15, -0.1) is 0 Å². The molecule has 1 aromatic carbocycles. The minimum Gasteiger partial charge on any atom is -0.378 e. The van der Waals surface area contributed by atoms with Crippen LogP contribution in [0.3, 0.4) is 0 Å². The van der Waals surface area contributed by atoms with Crippen LogP contribution in [0.2, 0.25) is 0 Å². The average Bonchev–Trinajstić information content (AvgIpc) is 2.76. The standard InChI is InChI=1S/C11H13N3O3S/c1-7(2)8-3-5-9(6-4-8)18(15,16)11-10(12)13-17-14-11/h3-7H,1-2H3,(H2,12,13). The molecule has 0 atom stereocenters. The quantitative estimate of drug-likeness (QED) is 0.906. The molecule has 0 spiro atoms. The highest BCUT2D eigenvalue weighted by Gasteiger charge is 2.25. The maximum absolute atomic E-state index is 12.2. The molecule has 6 nitrogen and oxygen atoms in total. The summed E-state index contributed by atoms with van der Waals surface area (Å²) in [5.41, 5.74) is 6.45. The first-order valence-corrected chi connectivity index (χ1v) is 6.84. The van der Waals surface area contributed by atoms with Crippen LogP contribution in [0.25, 0.3) is 0 Å². The van der Waals surface area contributed by atoms with Gasteiger partial charge >= 0.3 is 0 Å². The van der Waals surface area contributed by atoms with Gasteiger partial charge in [0.1, 0.15) is 0 Å². The lowest BCUT2D eigenvalue weighted by molar-refractivity contribution is 0.298. The van der Waals surface area contributed by atoms with Gasteiger partial charge in [-0.25, -0.2) is 13.0 Å². The van der Waals surface area contributed by atoms with E-state index in [1.54, 1.807) is 12.1 Å². The van der Waals surface area contributed by atoms with E-state index in [2.05, 4.69) is 14.9 Å². The number of aromatic nitrogens is 2. The third kappa shape index (κ3) is 2.08. The fourth-order valence-electron chi connectivity index (χ4n) is 1.52. The second kappa shape index (κ2) is 4.41. The van der Waals surface area contributed by atoms with Crippen LogP contribution in [0, 0.1) is 0 Å². The predicted octanol–water partition coefficient (Wildman–Crippen LogP) is 1.61. The highest BCUT2D eigenvalue weighted by atomic mass is 32.2. The Hall–Kier alpha value is -1.89. The molecule has 1 heterocycles. The molecule has 0 aliphatic heterocycles. The molecule has 2 N–H and O–H groups in total. The molecular weight excluding hydrogens is 254 g/mol. The Balaban J connectivity index is 2.46. The first-order valence-electron chi connectivity index (χ1n) is 5.36. The maximum Gasteiger partial charge on any atom is 0.247 e. The second-order valence-electron chi connectivity index (χ2n) is 4.18. The topological polar surface area (TPSA) is 99.1 Å². The number of hydrogen-bond acceptors (Lipinski definition) is 6. The van der Waals surface area contributed by atoms with Crippen LogP contribution in [0.15, 0.2) is 38.8 Å². The Bertz CT molecular complexity index is 644. The molecule has 0 amide bonds. The summed E-state index contributed by atoms with van der Waals surface area (Å²) in [7, 11) is -3.76. The summed E-state index contributed by atoms with van der Waals surface area (Å²) in [5.74, 6) is 0.100. The lowest BCUT2D eigenvalue weighted by atomic mass is 10.0. The van der Waals surface area contributed by atoms with Crippen LogP contribution < -0.4 is 5.73 Å². The summed E-state index contributed by atoms with van der Waals surface area (Å²) in [6.07, 6.45) is 0. The number of nitrogens with zero attached hydrogens (tertiary/aromatic N) is 2. The van der Waals surface area contributed by atoms with Crippen molar-refractivity contribution in [2.24, 2.45) is 0 Å². The number of hydrogen-bond donors (Lipinski definition) is 1. The third-order valence-corrected chi connectivity index (χ3v) is 4.28. The summed E-state index contributed by atoms with van der Waals surface area (Å²) in [6.45, 7) is 4.06. The molecule has 0 aliphatic carbocycles. The van der Waals surface area contributed by atoms with E-state index in [1.807, 2.05) is 13.8 Å². The third-order valence-electron chi connectivity index (χ3n) is 2.59. The molecule has 1 aromatic heterocycles. The molecule has 18 heavy (non-hydrogen) atoms. The van der Waals surface area contributed by atoms with Crippen molar-refractivity contribution in [3.63, 3.8) is 0 Å². The second-order valence-corrected chi connectivity index (χ2v) is 6.05. The summed E-state index contributed by atoms with van der Waals surface area (Å²) in [6, 6.07) is 6.58. The van der Waals surface area contributed by atoms with E-state index < -0.39 is 9.84 Å². The predicted molar refractivity (Wildman–Crippen MR) is 64.7 cm³/mol. The van der Waals surface area contributed by atoms with Gasteiger partial charge in [0.25, 0.3) is 0 Å². The first kappa shape index (κ1) is 12.6. The van der Waals surface area contributed by atoms with Gasteiger partial charge < -0.3 is 5.73 Å². The molecule has 96 valence electrons. The first-order chi connectivity index (χ1) is 8.43. The number of nitrogens with two attached hydrogens (primary N) is 1. The molecule has 2 aromatic rings. The molecular formula is C11H13N3O3S. The monoisotopic (exact) mass is 267 g/mol. The average molecular weight is 267 g/mol. The van der Waals surface area contributed by atoms with Gasteiger partial charge in [-0.05, 0) is 33.9 Å². The largest absolute Gasteiger partial charge is 0.378 e. The van der Waals surface area contributed by atoms with E-state index in [0.717, 1.165) is 5.56 Å². The molecule has 7 heteroatoms. The lowest BCUT2D eigenvalue weighted by Gasteiger charge is -2.06. The highest BCUT2D eigenvalue weighted by Crippen LogP contribution is 2.24. The van der Waals surface area contributed by atoms with Gasteiger partial charge in [0.05, 0.1) is 4.90 Å². The van der Waals surface area contributed by atoms with E-state index in [0.29, 0.717) is 5.92 Å². The summed E-state index contributed by atoms with van der Waals surface area (Å²) < 4.78 is 28.6. The van der Waals surface area contributed by atoms with Crippen LogP contribution in [0.1, 0.15) is 25.3 Å². The van der Waals surface area contributed by atoms with Crippen LogP contribution in [-0.4, -0.2) is 18.7 Å². The number of sulfone groups is 1. The van der Waals surface area contributed by atoms with Crippen molar-refractivity contribution >= 4 is 15.7 Å². The molecule has 0 aliphatic rings. The van der Waals surface area contributed by atoms with Crippen molar-refractivity contribution in [2.45, 2.75) is 29.7 Å². The zero-order valence-corrected chi connectivity index (χ0v) is 10.8. The zero-order valence-electron chi connectivity index (χ0n) is 9.99. The Labute approximate surface area is 105 Å². The molecule has 2 rings (SSSR count). The van der Waals surface area contributed by atoms with Gasteiger partial charge in [0, 0.05) is 0 Å². The van der Waals surface area contributed by atoms with E-state index >= 15 is 0 Å². The number of nitrogen functional groups attached to an aromatic ring is 1. The van der Waals surface area contributed by atoms with Crippen molar-refractivity contribution in [2.75, 3.05) is 5.73 Å². The Kier molecular flexibility index (Phi) is 3.08. The van der Waals surface area contributed by atoms with Crippen molar-refractivity contribution in [1.82, 2.24) is 10.3 Å². The van der Waals surface area contributed by atoms with Gasteiger partial charge in [-0.3, -0.25) is 0 Å².